The fraction of sp³-hybridized carbons (Fsp3) is 0.158. The van der Waals surface area contributed by atoms with Gasteiger partial charge in [-0.25, -0.2) is 0 Å². The Morgan fingerprint density at radius 2 is 2.00 bits per heavy atom. The number of nitrogens with one attached hydrogen (secondary N) is 3. The molecule has 3 rings (SSSR count). The summed E-state index contributed by atoms with van der Waals surface area (Å²) in [5.41, 5.74) is 3.20. The molecule has 1 aliphatic rings. The third-order valence-corrected chi connectivity index (χ3v) is 4.24. The average molecular weight is 381 g/mol. The lowest BCUT2D eigenvalue weighted by atomic mass is 10.1. The van der Waals surface area contributed by atoms with Gasteiger partial charge in [-0.05, 0) is 41.5 Å². The van der Waals surface area contributed by atoms with Crippen molar-refractivity contribution in [3.8, 4) is 0 Å². The number of aliphatic carboxylic acids is 1. The van der Waals surface area contributed by atoms with Crippen LogP contribution >= 0.6 is 0 Å². The van der Waals surface area contributed by atoms with Gasteiger partial charge >= 0.3 is 5.97 Å². The number of nitrogens with two attached hydrogens (primary N) is 1. The lowest BCUT2D eigenvalue weighted by Gasteiger charge is -2.15. The Balaban J connectivity index is 1.74. The Kier molecular flexibility index (Phi) is 5.54. The summed E-state index contributed by atoms with van der Waals surface area (Å²) in [7, 11) is 0. The first-order chi connectivity index (χ1) is 13.5. The zero-order chi connectivity index (χ0) is 20.1. The SMILES string of the molecule is NN=Cc1ccc(C(=O)Nc2ccc3c(c2)CNC(=O)C(CC(=O)O)N3)cc1. The maximum Gasteiger partial charge on any atom is 0.305 e. The third-order valence-electron chi connectivity index (χ3n) is 4.24. The van der Waals surface area contributed by atoms with E-state index in [2.05, 4.69) is 21.1 Å². The van der Waals surface area contributed by atoms with Gasteiger partial charge in [-0.3, -0.25) is 14.4 Å². The Hall–Kier alpha value is -3.88. The molecular formula is C19H19N5O4. The minimum absolute atomic E-state index is 0.230. The molecule has 1 atom stereocenters. The molecule has 0 saturated heterocycles. The van der Waals surface area contributed by atoms with Gasteiger partial charge < -0.3 is 26.9 Å². The smallest absolute Gasteiger partial charge is 0.305 e. The molecule has 28 heavy (non-hydrogen) atoms. The zero-order valence-corrected chi connectivity index (χ0v) is 14.8. The first-order valence-electron chi connectivity index (χ1n) is 8.50. The Bertz CT molecular complexity index is 940. The van der Waals surface area contributed by atoms with Crippen molar-refractivity contribution in [3.05, 3.63) is 59.2 Å². The molecule has 0 spiro atoms. The van der Waals surface area contributed by atoms with Crippen molar-refractivity contribution >= 4 is 35.4 Å². The second-order valence-corrected chi connectivity index (χ2v) is 6.24. The van der Waals surface area contributed by atoms with Crippen LogP contribution in [0.5, 0.6) is 0 Å². The number of carbonyl (C=O) groups is 3. The van der Waals surface area contributed by atoms with Gasteiger partial charge in [-0.2, -0.15) is 5.10 Å². The van der Waals surface area contributed by atoms with Crippen LogP contribution in [0.1, 0.15) is 27.9 Å². The van der Waals surface area contributed by atoms with E-state index >= 15 is 0 Å². The Morgan fingerprint density at radius 1 is 1.25 bits per heavy atom. The summed E-state index contributed by atoms with van der Waals surface area (Å²) in [4.78, 5) is 35.4. The number of carboxylic acids is 1. The molecule has 1 aliphatic heterocycles. The second kappa shape index (κ2) is 8.21. The van der Waals surface area contributed by atoms with Gasteiger partial charge in [0.15, 0.2) is 0 Å². The van der Waals surface area contributed by atoms with E-state index in [1.807, 2.05) is 0 Å². The molecular weight excluding hydrogens is 362 g/mol. The molecule has 0 aliphatic carbocycles. The highest BCUT2D eigenvalue weighted by Crippen LogP contribution is 2.24. The minimum Gasteiger partial charge on any atom is -0.481 e. The highest BCUT2D eigenvalue weighted by Gasteiger charge is 2.25. The van der Waals surface area contributed by atoms with Crippen LogP contribution in [0.2, 0.25) is 0 Å². The van der Waals surface area contributed by atoms with Crippen LogP contribution in [0.25, 0.3) is 0 Å². The number of hydrogen-bond acceptors (Lipinski definition) is 6. The largest absolute Gasteiger partial charge is 0.481 e. The second-order valence-electron chi connectivity index (χ2n) is 6.24. The van der Waals surface area contributed by atoms with Crippen molar-refractivity contribution in [2.45, 2.75) is 19.0 Å². The summed E-state index contributed by atoms with van der Waals surface area (Å²) in [6.07, 6.45) is 1.15. The minimum atomic E-state index is -1.07. The first-order valence-corrected chi connectivity index (χ1v) is 8.50. The molecule has 0 aromatic heterocycles. The quantitative estimate of drug-likeness (QED) is 0.298. The number of carbonyl (C=O) groups excluding carboxylic acids is 2. The lowest BCUT2D eigenvalue weighted by molar-refractivity contribution is -0.139. The van der Waals surface area contributed by atoms with Crippen LogP contribution in [0.3, 0.4) is 0 Å². The standard InChI is InChI=1S/C19H19N5O4/c20-22-9-11-1-3-12(4-2-11)18(27)23-14-5-6-15-13(7-14)10-21-19(28)16(24-15)8-17(25)26/h1-7,9,16,24H,8,10,20H2,(H,21,28)(H,23,27)(H,25,26). The van der Waals surface area contributed by atoms with Crippen molar-refractivity contribution in [2.75, 3.05) is 10.6 Å². The van der Waals surface area contributed by atoms with Crippen LogP contribution in [0.15, 0.2) is 47.6 Å². The number of hydrazone groups is 1. The molecule has 1 unspecified atom stereocenters. The molecule has 0 fully saturated rings. The van der Waals surface area contributed by atoms with Crippen LogP contribution in [-0.2, 0) is 16.1 Å². The van der Waals surface area contributed by atoms with Gasteiger partial charge in [0.1, 0.15) is 6.04 Å². The average Bonchev–Trinajstić information content (AvgIpc) is 2.81. The molecule has 9 heteroatoms. The maximum absolute atomic E-state index is 12.4. The van der Waals surface area contributed by atoms with Gasteiger partial charge in [0.25, 0.3) is 5.91 Å². The lowest BCUT2D eigenvalue weighted by Crippen LogP contribution is -2.38. The summed E-state index contributed by atoms with van der Waals surface area (Å²) in [6.45, 7) is 0.230. The first kappa shape index (κ1) is 18.9. The molecule has 2 aromatic rings. The third kappa shape index (κ3) is 4.44. The van der Waals surface area contributed by atoms with Crippen LogP contribution in [-0.4, -0.2) is 35.1 Å². The highest BCUT2D eigenvalue weighted by molar-refractivity contribution is 6.04. The summed E-state index contributed by atoms with van der Waals surface area (Å²) >= 11 is 0. The number of benzene rings is 2. The fourth-order valence-electron chi connectivity index (χ4n) is 2.85. The van der Waals surface area contributed by atoms with E-state index in [0.29, 0.717) is 16.9 Å². The van der Waals surface area contributed by atoms with Gasteiger partial charge in [-0.15, -0.1) is 0 Å². The number of amides is 2. The van der Waals surface area contributed by atoms with Crippen LogP contribution in [0.4, 0.5) is 11.4 Å². The number of carboxylic acid groups (broad SMARTS) is 1. The van der Waals surface area contributed by atoms with Gasteiger partial charge in [0.05, 0.1) is 12.6 Å². The number of hydrogen-bond donors (Lipinski definition) is 5. The van der Waals surface area contributed by atoms with Gasteiger partial charge in [-0.1, -0.05) is 12.1 Å². The monoisotopic (exact) mass is 381 g/mol. The summed E-state index contributed by atoms with van der Waals surface area (Å²) in [5, 5.41) is 20.8. The Labute approximate surface area is 160 Å². The molecule has 0 bridgehead atoms. The van der Waals surface area contributed by atoms with E-state index in [1.54, 1.807) is 42.5 Å². The molecule has 1 heterocycles. The van der Waals surface area contributed by atoms with E-state index in [4.69, 9.17) is 10.9 Å². The summed E-state index contributed by atoms with van der Waals surface area (Å²) in [6, 6.07) is 11.1. The fourth-order valence-corrected chi connectivity index (χ4v) is 2.85. The van der Waals surface area contributed by atoms with Gasteiger partial charge in [0, 0.05) is 23.5 Å². The van der Waals surface area contributed by atoms with E-state index in [-0.39, 0.29) is 24.8 Å². The van der Waals surface area contributed by atoms with Crippen molar-refractivity contribution in [3.63, 3.8) is 0 Å². The molecule has 2 amide bonds. The molecule has 0 radical (unpaired) electrons. The van der Waals surface area contributed by atoms with E-state index in [0.717, 1.165) is 11.1 Å². The topological polar surface area (TPSA) is 146 Å². The van der Waals surface area contributed by atoms with E-state index in [9.17, 15) is 14.4 Å². The predicted molar refractivity (Wildman–Crippen MR) is 104 cm³/mol. The summed E-state index contributed by atoms with van der Waals surface area (Å²) < 4.78 is 0. The molecule has 6 N–H and O–H groups in total. The zero-order valence-electron chi connectivity index (χ0n) is 14.8. The number of nitrogens with zero attached hydrogens (tertiary/aromatic N) is 1. The predicted octanol–water partition coefficient (Wildman–Crippen LogP) is 1.12. The van der Waals surface area contributed by atoms with E-state index < -0.39 is 12.0 Å². The van der Waals surface area contributed by atoms with Crippen LogP contribution < -0.4 is 21.8 Å². The molecule has 2 aromatic carbocycles. The Morgan fingerprint density at radius 3 is 2.68 bits per heavy atom. The number of rotatable bonds is 5. The normalized spacial score (nSPS) is 15.9. The van der Waals surface area contributed by atoms with E-state index in [1.165, 1.54) is 6.21 Å². The number of fused-ring (bicyclic) bond motifs is 1. The highest BCUT2D eigenvalue weighted by atomic mass is 16.4. The van der Waals surface area contributed by atoms with Gasteiger partial charge in [0.2, 0.25) is 5.91 Å². The molecule has 0 saturated carbocycles. The van der Waals surface area contributed by atoms with Crippen molar-refractivity contribution < 1.29 is 19.5 Å². The molecule has 144 valence electrons. The molecule has 9 nitrogen and oxygen atoms in total. The number of anilines is 2. The van der Waals surface area contributed by atoms with Crippen molar-refractivity contribution in [2.24, 2.45) is 10.9 Å². The van der Waals surface area contributed by atoms with Crippen molar-refractivity contribution in [1.29, 1.82) is 0 Å². The van der Waals surface area contributed by atoms with Crippen LogP contribution in [0, 0.1) is 0 Å². The maximum atomic E-state index is 12.4. The summed E-state index contributed by atoms with van der Waals surface area (Å²) in [5.74, 6) is 3.36. The van der Waals surface area contributed by atoms with Crippen molar-refractivity contribution in [1.82, 2.24) is 5.32 Å².